The van der Waals surface area contributed by atoms with Gasteiger partial charge in [0.1, 0.15) is 6.17 Å². The molecular formula is C21H26ClFO5. The molecule has 154 valence electrons. The van der Waals surface area contributed by atoms with E-state index in [1.807, 2.05) is 0 Å². The van der Waals surface area contributed by atoms with E-state index in [1.54, 1.807) is 26.8 Å². The van der Waals surface area contributed by atoms with Gasteiger partial charge in [-0.3, -0.25) is 4.79 Å². The highest BCUT2D eigenvalue weighted by atomic mass is 35.5. The van der Waals surface area contributed by atoms with Crippen LogP contribution in [0.25, 0.3) is 0 Å². The van der Waals surface area contributed by atoms with Crippen LogP contribution in [0.2, 0.25) is 0 Å². The van der Waals surface area contributed by atoms with Gasteiger partial charge in [0.2, 0.25) is 0 Å². The number of aliphatic hydroxyl groups excluding tert-OH is 1. The first-order valence-corrected chi connectivity index (χ1v) is 10.2. The number of fused-ring (bicyclic) bond motifs is 5. The first-order valence-electron chi connectivity index (χ1n) is 9.81. The summed E-state index contributed by atoms with van der Waals surface area (Å²) in [4.78, 5) is 24.0. The maximum absolute atomic E-state index is 15.3. The number of carboxylic acid groups (broad SMARTS) is 1. The normalized spacial score (nSPS) is 52.9. The van der Waals surface area contributed by atoms with Crippen LogP contribution in [-0.2, 0) is 9.59 Å². The van der Waals surface area contributed by atoms with Gasteiger partial charge < -0.3 is 15.3 Å². The van der Waals surface area contributed by atoms with E-state index >= 15 is 4.39 Å². The average molecular weight is 413 g/mol. The molecule has 28 heavy (non-hydrogen) atoms. The van der Waals surface area contributed by atoms with Gasteiger partial charge in [0.25, 0.3) is 0 Å². The van der Waals surface area contributed by atoms with E-state index in [1.165, 1.54) is 6.08 Å². The van der Waals surface area contributed by atoms with Gasteiger partial charge in [-0.15, -0.1) is 0 Å². The minimum absolute atomic E-state index is 0.0622. The monoisotopic (exact) mass is 412 g/mol. The lowest BCUT2D eigenvalue weighted by atomic mass is 9.46. The second-order valence-corrected chi connectivity index (χ2v) is 9.98. The topological polar surface area (TPSA) is 94.8 Å². The molecule has 0 aromatic rings. The van der Waals surface area contributed by atoms with Gasteiger partial charge in [-0.05, 0) is 48.7 Å². The van der Waals surface area contributed by atoms with Crippen LogP contribution in [0.4, 0.5) is 4.39 Å². The van der Waals surface area contributed by atoms with Gasteiger partial charge in [0, 0.05) is 16.7 Å². The molecule has 3 N–H and O–H groups in total. The lowest BCUT2D eigenvalue weighted by Crippen LogP contribution is -2.63. The van der Waals surface area contributed by atoms with Gasteiger partial charge in [-0.1, -0.05) is 38.4 Å². The van der Waals surface area contributed by atoms with Crippen molar-refractivity contribution in [1.29, 1.82) is 0 Å². The Kier molecular flexibility index (Phi) is 4.22. The third-order valence-corrected chi connectivity index (χ3v) is 8.85. The molecule has 7 heteroatoms. The molecule has 0 heterocycles. The van der Waals surface area contributed by atoms with Gasteiger partial charge in [0.05, 0.1) is 11.1 Å². The Balaban J connectivity index is 1.85. The van der Waals surface area contributed by atoms with Gasteiger partial charge in [0.15, 0.2) is 11.4 Å². The molecule has 0 amide bonds. The Morgan fingerprint density at radius 1 is 1.32 bits per heavy atom. The zero-order valence-electron chi connectivity index (χ0n) is 16.2. The molecule has 0 aliphatic heterocycles. The fourth-order valence-electron chi connectivity index (χ4n) is 7.22. The summed E-state index contributed by atoms with van der Waals surface area (Å²) in [6.45, 7) is 5.21. The Morgan fingerprint density at radius 3 is 2.57 bits per heavy atom. The smallest absolute Gasteiger partial charge is 0.336 e. The number of aliphatic hydroxyl groups is 2. The Hall–Kier alpha value is -1.24. The van der Waals surface area contributed by atoms with E-state index in [4.69, 9.17) is 11.6 Å². The van der Waals surface area contributed by atoms with Gasteiger partial charge in [-0.2, -0.15) is 0 Å². The van der Waals surface area contributed by atoms with Crippen LogP contribution in [0.15, 0.2) is 22.8 Å². The third-order valence-electron chi connectivity index (χ3n) is 8.46. The van der Waals surface area contributed by atoms with Crippen molar-refractivity contribution < 1.29 is 29.3 Å². The number of hydrogen-bond donors (Lipinski definition) is 3. The largest absolute Gasteiger partial charge is 0.479 e. The van der Waals surface area contributed by atoms with Crippen LogP contribution in [0.5, 0.6) is 0 Å². The van der Waals surface area contributed by atoms with Crippen LogP contribution in [0, 0.1) is 34.5 Å². The van der Waals surface area contributed by atoms with E-state index in [-0.39, 0.29) is 35.3 Å². The molecule has 3 saturated carbocycles. The Bertz CT molecular complexity index is 824. The number of carboxylic acids is 1. The first kappa shape index (κ1) is 20.0. The van der Waals surface area contributed by atoms with Crippen molar-refractivity contribution in [3.8, 4) is 0 Å². The van der Waals surface area contributed by atoms with E-state index < -0.39 is 52.3 Å². The van der Waals surface area contributed by atoms with E-state index in [9.17, 15) is 24.9 Å². The highest BCUT2D eigenvalue weighted by Crippen LogP contribution is 2.68. The molecule has 0 unspecified atom stereocenters. The number of carbonyl (C=O) groups excluding carboxylic acids is 1. The summed E-state index contributed by atoms with van der Waals surface area (Å²) in [5, 5.41) is 32.0. The van der Waals surface area contributed by atoms with Crippen molar-refractivity contribution in [2.75, 3.05) is 0 Å². The number of hydrogen-bond acceptors (Lipinski definition) is 4. The molecule has 4 aliphatic rings. The molecular weight excluding hydrogens is 387 g/mol. The summed E-state index contributed by atoms with van der Waals surface area (Å²) in [7, 11) is 0. The number of rotatable bonds is 1. The second kappa shape index (κ2) is 5.89. The summed E-state index contributed by atoms with van der Waals surface area (Å²) in [5.74, 6) is -3.20. The maximum Gasteiger partial charge on any atom is 0.336 e. The molecule has 4 aliphatic carbocycles. The Morgan fingerprint density at radius 2 is 1.96 bits per heavy atom. The predicted octanol–water partition coefficient (Wildman–Crippen LogP) is 2.84. The van der Waals surface area contributed by atoms with E-state index in [2.05, 4.69) is 0 Å². The number of aliphatic carboxylic acids is 1. The molecule has 5 nitrogen and oxygen atoms in total. The summed E-state index contributed by atoms with van der Waals surface area (Å²) < 4.78 is 15.3. The summed E-state index contributed by atoms with van der Waals surface area (Å²) in [6, 6.07) is 0. The zero-order valence-corrected chi connectivity index (χ0v) is 16.9. The van der Waals surface area contributed by atoms with Crippen molar-refractivity contribution in [2.45, 2.75) is 57.9 Å². The molecule has 0 saturated heterocycles. The minimum atomic E-state index is -1.97. The molecule has 4 rings (SSSR count). The molecule has 9 atom stereocenters. The SMILES string of the molecule is C[C@H]1C[C@H]2[C@@H]3C[C@H](F)C4=C(Cl)C(=O)C=C[C@]4(C)[C@H]3[C@@H](O)C[C@]2(C)[C@@]1(O)C(=O)O. The van der Waals surface area contributed by atoms with Crippen LogP contribution in [0.3, 0.4) is 0 Å². The Labute approximate surface area is 168 Å². The number of allylic oxidation sites excluding steroid dienone is 4. The molecule has 0 radical (unpaired) electrons. The third kappa shape index (κ3) is 2.14. The van der Waals surface area contributed by atoms with Crippen LogP contribution in [0.1, 0.15) is 40.0 Å². The van der Waals surface area contributed by atoms with Crippen LogP contribution < -0.4 is 0 Å². The highest BCUT2D eigenvalue weighted by Gasteiger charge is 2.72. The molecule has 0 aromatic carbocycles. The summed E-state index contributed by atoms with van der Waals surface area (Å²) >= 11 is 6.19. The standard InChI is InChI=1S/C21H26ClFO5/c1-9-6-11-10-7-12(23)16-17(22)13(24)4-5-19(16,2)15(10)14(25)8-20(11,3)21(9,28)18(26)27/h4-5,9-12,14-15,25,28H,6-8H2,1-3H3,(H,26,27)/t9-,10-,11-,12-,14-,15+,19+,20-,21-/m0/s1. The van der Waals surface area contributed by atoms with Crippen molar-refractivity contribution in [3.63, 3.8) is 0 Å². The van der Waals surface area contributed by atoms with Crippen LogP contribution >= 0.6 is 11.6 Å². The fourth-order valence-corrected chi connectivity index (χ4v) is 7.61. The van der Waals surface area contributed by atoms with E-state index in [0.717, 1.165) is 0 Å². The lowest BCUT2D eigenvalue weighted by molar-refractivity contribution is -0.198. The molecule has 0 bridgehead atoms. The summed E-state index contributed by atoms with van der Waals surface area (Å²) in [6.07, 6.45) is 1.21. The van der Waals surface area contributed by atoms with E-state index in [0.29, 0.717) is 6.42 Å². The van der Waals surface area contributed by atoms with Crippen molar-refractivity contribution in [1.82, 2.24) is 0 Å². The van der Waals surface area contributed by atoms with Gasteiger partial charge >= 0.3 is 5.97 Å². The molecule has 3 fully saturated rings. The van der Waals surface area contributed by atoms with Crippen molar-refractivity contribution >= 4 is 23.4 Å². The van der Waals surface area contributed by atoms with Crippen molar-refractivity contribution in [2.24, 2.45) is 34.5 Å². The predicted molar refractivity (Wildman–Crippen MR) is 100 cm³/mol. The van der Waals surface area contributed by atoms with Crippen molar-refractivity contribution in [3.05, 3.63) is 22.8 Å². The number of ketones is 1. The first-order chi connectivity index (χ1) is 12.9. The zero-order chi connectivity index (χ0) is 20.8. The second-order valence-electron chi connectivity index (χ2n) is 9.60. The molecule has 0 aromatic heterocycles. The maximum atomic E-state index is 15.3. The quantitative estimate of drug-likeness (QED) is 0.615. The fraction of sp³-hybridized carbons (Fsp3) is 0.714. The van der Waals surface area contributed by atoms with Crippen LogP contribution in [-0.4, -0.2) is 44.9 Å². The average Bonchev–Trinajstić information content (AvgIpc) is 2.79. The molecule has 0 spiro atoms. The van der Waals surface area contributed by atoms with Gasteiger partial charge in [-0.25, -0.2) is 9.18 Å². The lowest BCUT2D eigenvalue weighted by Gasteiger charge is -2.59. The number of halogens is 2. The highest BCUT2D eigenvalue weighted by molar-refractivity contribution is 6.45. The summed E-state index contributed by atoms with van der Waals surface area (Å²) in [5.41, 5.74) is -3.72. The number of alkyl halides is 1. The number of carbonyl (C=O) groups is 2. The minimum Gasteiger partial charge on any atom is -0.479 e.